The van der Waals surface area contributed by atoms with Crippen molar-refractivity contribution in [3.05, 3.63) is 71.3 Å². The molecule has 0 radical (unpaired) electrons. The summed E-state index contributed by atoms with van der Waals surface area (Å²) in [5.74, 6) is 0.104. The van der Waals surface area contributed by atoms with E-state index in [1.165, 1.54) is 11.1 Å². The molecule has 2 rings (SSSR count). The number of rotatable bonds is 6. The fraction of sp³-hybridized carbons (Fsp3) is 0.235. The van der Waals surface area contributed by atoms with Crippen LogP contribution in [0.1, 0.15) is 28.4 Å². The molecule has 2 aromatic carbocycles. The first-order chi connectivity index (χ1) is 9.25. The number of hydrogen-bond donors (Lipinski definition) is 0. The summed E-state index contributed by atoms with van der Waals surface area (Å²) in [5.41, 5.74) is 3.14. The van der Waals surface area contributed by atoms with E-state index < -0.39 is 0 Å². The summed E-state index contributed by atoms with van der Waals surface area (Å²) in [7, 11) is 0. The monoisotopic (exact) mass is 254 g/mol. The van der Waals surface area contributed by atoms with Gasteiger partial charge in [0.25, 0.3) is 0 Å². The molecule has 98 valence electrons. The Bertz CT molecular complexity index is 515. The van der Waals surface area contributed by atoms with E-state index in [0.717, 1.165) is 12.0 Å². The van der Waals surface area contributed by atoms with Gasteiger partial charge >= 0.3 is 0 Å². The molecule has 0 atom stereocenters. The number of carbonyl (C=O) groups is 1. The maximum Gasteiger partial charge on any atom is 0.159 e. The second-order valence-corrected chi connectivity index (χ2v) is 4.54. The molecule has 2 heteroatoms. The Morgan fingerprint density at radius 2 is 1.63 bits per heavy atom. The van der Waals surface area contributed by atoms with E-state index in [4.69, 9.17) is 4.74 Å². The Kier molecular flexibility index (Phi) is 4.87. The zero-order chi connectivity index (χ0) is 13.5. The van der Waals surface area contributed by atoms with E-state index in [0.29, 0.717) is 13.2 Å². The summed E-state index contributed by atoms with van der Waals surface area (Å²) in [6.45, 7) is 2.92. The Labute approximate surface area is 114 Å². The predicted octanol–water partition coefficient (Wildman–Crippen LogP) is 3.65. The highest BCUT2D eigenvalue weighted by molar-refractivity contribution is 5.93. The average Bonchev–Trinajstić information content (AvgIpc) is 2.45. The SMILES string of the molecule is CC(=O)c1ccc(CCOCc2ccccc2)cc1. The lowest BCUT2D eigenvalue weighted by atomic mass is 10.1. The summed E-state index contributed by atoms with van der Waals surface area (Å²) >= 11 is 0. The van der Waals surface area contributed by atoms with Gasteiger partial charge in [-0.3, -0.25) is 4.79 Å². The third-order valence-corrected chi connectivity index (χ3v) is 3.01. The first-order valence-electron chi connectivity index (χ1n) is 6.47. The van der Waals surface area contributed by atoms with Gasteiger partial charge in [-0.15, -0.1) is 0 Å². The van der Waals surface area contributed by atoms with E-state index >= 15 is 0 Å². The van der Waals surface area contributed by atoms with Crippen LogP contribution in [0, 0.1) is 0 Å². The van der Waals surface area contributed by atoms with Crippen LogP contribution in [0.15, 0.2) is 54.6 Å². The minimum Gasteiger partial charge on any atom is -0.376 e. The number of carbonyl (C=O) groups excluding carboxylic acids is 1. The summed E-state index contributed by atoms with van der Waals surface area (Å²) in [6.07, 6.45) is 0.866. The smallest absolute Gasteiger partial charge is 0.159 e. The van der Waals surface area contributed by atoms with Crippen LogP contribution in [0.25, 0.3) is 0 Å². The molecule has 0 saturated carbocycles. The van der Waals surface area contributed by atoms with Crippen LogP contribution < -0.4 is 0 Å². The van der Waals surface area contributed by atoms with Gasteiger partial charge in [0.2, 0.25) is 0 Å². The lowest BCUT2D eigenvalue weighted by molar-refractivity contribution is 0.101. The van der Waals surface area contributed by atoms with Crippen LogP contribution in [-0.4, -0.2) is 12.4 Å². The Hall–Kier alpha value is -1.93. The molecule has 0 aromatic heterocycles. The summed E-state index contributed by atoms with van der Waals surface area (Å²) in [6, 6.07) is 17.9. The molecule has 0 fully saturated rings. The molecular formula is C17H18O2. The number of hydrogen-bond acceptors (Lipinski definition) is 2. The molecule has 0 aliphatic carbocycles. The van der Waals surface area contributed by atoms with E-state index in [-0.39, 0.29) is 5.78 Å². The zero-order valence-corrected chi connectivity index (χ0v) is 11.1. The van der Waals surface area contributed by atoms with Crippen molar-refractivity contribution in [2.24, 2.45) is 0 Å². The molecule has 2 aromatic rings. The van der Waals surface area contributed by atoms with Crippen molar-refractivity contribution in [3.8, 4) is 0 Å². The van der Waals surface area contributed by atoms with E-state index in [9.17, 15) is 4.79 Å². The van der Waals surface area contributed by atoms with Crippen LogP contribution in [0.3, 0.4) is 0 Å². The van der Waals surface area contributed by atoms with Gasteiger partial charge in [-0.25, -0.2) is 0 Å². The first kappa shape index (κ1) is 13.5. The van der Waals surface area contributed by atoms with Gasteiger partial charge in [-0.1, -0.05) is 54.6 Å². The van der Waals surface area contributed by atoms with Crippen molar-refractivity contribution in [1.82, 2.24) is 0 Å². The lowest BCUT2D eigenvalue weighted by Crippen LogP contribution is -1.99. The molecular weight excluding hydrogens is 236 g/mol. The van der Waals surface area contributed by atoms with Gasteiger partial charge in [0.15, 0.2) is 5.78 Å². The molecule has 0 aliphatic rings. The predicted molar refractivity (Wildman–Crippen MR) is 76.2 cm³/mol. The van der Waals surface area contributed by atoms with Gasteiger partial charge in [0.05, 0.1) is 13.2 Å². The minimum absolute atomic E-state index is 0.104. The summed E-state index contributed by atoms with van der Waals surface area (Å²) in [4.78, 5) is 11.1. The number of ketones is 1. The van der Waals surface area contributed by atoms with Crippen molar-refractivity contribution < 1.29 is 9.53 Å². The Morgan fingerprint density at radius 1 is 0.947 bits per heavy atom. The molecule has 0 saturated heterocycles. The van der Waals surface area contributed by atoms with Gasteiger partial charge < -0.3 is 4.74 Å². The highest BCUT2D eigenvalue weighted by Crippen LogP contribution is 2.07. The fourth-order valence-electron chi connectivity index (χ4n) is 1.86. The molecule has 0 unspecified atom stereocenters. The molecule has 0 aliphatic heterocycles. The Balaban J connectivity index is 1.75. The largest absolute Gasteiger partial charge is 0.376 e. The fourth-order valence-corrected chi connectivity index (χ4v) is 1.86. The maximum absolute atomic E-state index is 11.1. The van der Waals surface area contributed by atoms with E-state index in [1.54, 1.807) is 6.92 Å². The molecule has 0 bridgehead atoms. The molecule has 19 heavy (non-hydrogen) atoms. The highest BCUT2D eigenvalue weighted by atomic mass is 16.5. The van der Waals surface area contributed by atoms with Gasteiger partial charge in [-0.2, -0.15) is 0 Å². The quantitative estimate of drug-likeness (QED) is 0.581. The van der Waals surface area contributed by atoms with Crippen molar-refractivity contribution in [2.45, 2.75) is 20.0 Å². The molecule has 0 N–H and O–H groups in total. The van der Waals surface area contributed by atoms with Gasteiger partial charge in [0.1, 0.15) is 0 Å². The summed E-state index contributed by atoms with van der Waals surface area (Å²) < 4.78 is 5.63. The molecule has 2 nitrogen and oxygen atoms in total. The lowest BCUT2D eigenvalue weighted by Gasteiger charge is -2.05. The molecule has 0 heterocycles. The first-order valence-corrected chi connectivity index (χ1v) is 6.47. The number of benzene rings is 2. The Morgan fingerprint density at radius 3 is 2.26 bits per heavy atom. The maximum atomic E-state index is 11.1. The van der Waals surface area contributed by atoms with Crippen molar-refractivity contribution >= 4 is 5.78 Å². The standard InChI is InChI=1S/C17H18O2/c1-14(18)17-9-7-15(8-10-17)11-12-19-13-16-5-3-2-4-6-16/h2-10H,11-13H2,1H3. The van der Waals surface area contributed by atoms with Crippen molar-refractivity contribution in [1.29, 1.82) is 0 Å². The van der Waals surface area contributed by atoms with Crippen LogP contribution in [0.2, 0.25) is 0 Å². The molecule has 0 amide bonds. The highest BCUT2D eigenvalue weighted by Gasteiger charge is 1.99. The number of ether oxygens (including phenoxy) is 1. The second-order valence-electron chi connectivity index (χ2n) is 4.54. The second kappa shape index (κ2) is 6.86. The third-order valence-electron chi connectivity index (χ3n) is 3.01. The van der Waals surface area contributed by atoms with Crippen LogP contribution in [0.5, 0.6) is 0 Å². The zero-order valence-electron chi connectivity index (χ0n) is 11.1. The third kappa shape index (κ3) is 4.34. The summed E-state index contributed by atoms with van der Waals surface area (Å²) in [5, 5.41) is 0. The van der Waals surface area contributed by atoms with Crippen LogP contribution in [0.4, 0.5) is 0 Å². The molecule has 0 spiro atoms. The van der Waals surface area contributed by atoms with Crippen molar-refractivity contribution in [3.63, 3.8) is 0 Å². The van der Waals surface area contributed by atoms with Crippen LogP contribution >= 0.6 is 0 Å². The van der Waals surface area contributed by atoms with E-state index in [2.05, 4.69) is 12.1 Å². The topological polar surface area (TPSA) is 26.3 Å². The van der Waals surface area contributed by atoms with Crippen molar-refractivity contribution in [2.75, 3.05) is 6.61 Å². The average molecular weight is 254 g/mol. The van der Waals surface area contributed by atoms with Crippen LogP contribution in [-0.2, 0) is 17.8 Å². The van der Waals surface area contributed by atoms with E-state index in [1.807, 2.05) is 42.5 Å². The number of Topliss-reactive ketones (excluding diaryl/α,β-unsaturated/α-hetero) is 1. The van der Waals surface area contributed by atoms with Gasteiger partial charge in [-0.05, 0) is 24.5 Å². The van der Waals surface area contributed by atoms with Gasteiger partial charge in [0, 0.05) is 5.56 Å². The normalized spacial score (nSPS) is 10.4. The minimum atomic E-state index is 0.104.